The first-order chi connectivity index (χ1) is 5.94. The maximum atomic E-state index is 9.79. The highest BCUT2D eigenvalue weighted by Gasteiger charge is 2.76. The maximum absolute atomic E-state index is 9.79. The fraction of sp³-hybridized carbons (Fsp3) is 0.778. The van der Waals surface area contributed by atoms with E-state index in [9.17, 15) is 15.3 Å². The van der Waals surface area contributed by atoms with E-state index in [4.69, 9.17) is 4.74 Å². The summed E-state index contributed by atoms with van der Waals surface area (Å²) >= 11 is 0. The van der Waals surface area contributed by atoms with Gasteiger partial charge in [0.1, 0.15) is 29.5 Å². The number of rotatable bonds is 2. The summed E-state index contributed by atoms with van der Waals surface area (Å²) in [4.78, 5) is 0. The molecule has 1 saturated carbocycles. The van der Waals surface area contributed by atoms with Crippen molar-refractivity contribution in [3.05, 3.63) is 12.7 Å². The van der Waals surface area contributed by atoms with Crippen LogP contribution in [0.4, 0.5) is 0 Å². The third kappa shape index (κ3) is 0.942. The van der Waals surface area contributed by atoms with Crippen LogP contribution in [-0.2, 0) is 4.74 Å². The molecular formula is C9H14O4. The molecule has 0 radical (unpaired) electrons. The molecule has 0 aromatic carbocycles. The second-order valence-corrected chi connectivity index (χ2v) is 4.09. The number of aliphatic hydroxyl groups excluding tert-OH is 2. The SMILES string of the molecule is C=CC(O)C1OC2(C)CC2(O)C1O. The lowest BCUT2D eigenvalue weighted by molar-refractivity contribution is -0.0814. The average molecular weight is 186 g/mol. The summed E-state index contributed by atoms with van der Waals surface area (Å²) in [6.07, 6.45) is -0.970. The van der Waals surface area contributed by atoms with E-state index in [2.05, 4.69) is 6.58 Å². The fourth-order valence-electron chi connectivity index (χ4n) is 2.06. The smallest absolute Gasteiger partial charge is 0.125 e. The molecule has 2 fully saturated rings. The number of ether oxygens (including phenoxy) is 1. The van der Waals surface area contributed by atoms with Crippen molar-refractivity contribution in [2.24, 2.45) is 0 Å². The molecule has 5 unspecified atom stereocenters. The van der Waals surface area contributed by atoms with E-state index in [1.165, 1.54) is 6.08 Å². The van der Waals surface area contributed by atoms with Crippen LogP contribution in [0.2, 0.25) is 0 Å². The lowest BCUT2D eigenvalue weighted by atomic mass is 10.0. The molecule has 1 aliphatic heterocycles. The highest BCUT2D eigenvalue weighted by atomic mass is 16.6. The Bertz CT molecular complexity index is 254. The maximum Gasteiger partial charge on any atom is 0.125 e. The minimum absolute atomic E-state index is 0.432. The summed E-state index contributed by atoms with van der Waals surface area (Å²) in [5, 5.41) is 28.8. The normalized spacial score (nSPS) is 55.7. The molecule has 0 spiro atoms. The topological polar surface area (TPSA) is 69.9 Å². The van der Waals surface area contributed by atoms with Crippen molar-refractivity contribution in [1.29, 1.82) is 0 Å². The van der Waals surface area contributed by atoms with Crippen LogP contribution in [0.15, 0.2) is 12.7 Å². The van der Waals surface area contributed by atoms with Crippen LogP contribution in [0.1, 0.15) is 13.3 Å². The van der Waals surface area contributed by atoms with Gasteiger partial charge < -0.3 is 20.1 Å². The highest BCUT2D eigenvalue weighted by Crippen LogP contribution is 2.59. The van der Waals surface area contributed by atoms with Crippen LogP contribution >= 0.6 is 0 Å². The predicted octanol–water partition coefficient (Wildman–Crippen LogP) is -0.814. The molecule has 0 aromatic heterocycles. The van der Waals surface area contributed by atoms with Crippen molar-refractivity contribution in [2.45, 2.75) is 42.9 Å². The second-order valence-electron chi connectivity index (χ2n) is 4.09. The lowest BCUT2D eigenvalue weighted by Crippen LogP contribution is -2.41. The first-order valence-electron chi connectivity index (χ1n) is 4.33. The second kappa shape index (κ2) is 2.33. The molecule has 2 rings (SSSR count). The van der Waals surface area contributed by atoms with E-state index in [1.807, 2.05) is 0 Å². The van der Waals surface area contributed by atoms with Gasteiger partial charge in [-0.15, -0.1) is 6.58 Å². The molecule has 13 heavy (non-hydrogen) atoms. The molecule has 2 aliphatic rings. The Morgan fingerprint density at radius 1 is 1.69 bits per heavy atom. The van der Waals surface area contributed by atoms with Gasteiger partial charge in [-0.3, -0.25) is 0 Å². The predicted molar refractivity (Wildman–Crippen MR) is 45.1 cm³/mol. The molecule has 4 nitrogen and oxygen atoms in total. The van der Waals surface area contributed by atoms with Crippen LogP contribution in [-0.4, -0.2) is 44.8 Å². The Hall–Kier alpha value is -0.420. The van der Waals surface area contributed by atoms with Gasteiger partial charge in [-0.1, -0.05) is 6.08 Å². The first-order valence-corrected chi connectivity index (χ1v) is 4.33. The Morgan fingerprint density at radius 2 is 2.31 bits per heavy atom. The summed E-state index contributed by atoms with van der Waals surface area (Å²) in [6.45, 7) is 5.13. The number of fused-ring (bicyclic) bond motifs is 1. The number of aliphatic hydroxyl groups is 3. The summed E-state index contributed by atoms with van der Waals surface area (Å²) in [7, 11) is 0. The summed E-state index contributed by atoms with van der Waals surface area (Å²) in [5.41, 5.74) is -1.84. The van der Waals surface area contributed by atoms with Crippen LogP contribution in [0, 0.1) is 0 Å². The van der Waals surface area contributed by atoms with Crippen molar-refractivity contribution in [2.75, 3.05) is 0 Å². The molecule has 74 valence electrons. The van der Waals surface area contributed by atoms with Crippen molar-refractivity contribution >= 4 is 0 Å². The summed E-state index contributed by atoms with van der Waals surface area (Å²) < 4.78 is 5.37. The van der Waals surface area contributed by atoms with Gasteiger partial charge >= 0.3 is 0 Å². The van der Waals surface area contributed by atoms with E-state index >= 15 is 0 Å². The minimum atomic E-state index is -1.17. The van der Waals surface area contributed by atoms with Gasteiger partial charge in [-0.2, -0.15) is 0 Å². The van der Waals surface area contributed by atoms with Crippen molar-refractivity contribution in [3.8, 4) is 0 Å². The van der Waals surface area contributed by atoms with Crippen LogP contribution < -0.4 is 0 Å². The summed E-state index contributed by atoms with van der Waals surface area (Å²) in [5.74, 6) is 0. The minimum Gasteiger partial charge on any atom is -0.387 e. The number of hydrogen-bond acceptors (Lipinski definition) is 4. The Balaban J connectivity index is 2.17. The van der Waals surface area contributed by atoms with Crippen LogP contribution in [0.5, 0.6) is 0 Å². The zero-order chi connectivity index (χ0) is 9.85. The molecule has 1 saturated heterocycles. The van der Waals surface area contributed by atoms with E-state index in [0.29, 0.717) is 6.42 Å². The molecular weight excluding hydrogens is 172 g/mol. The van der Waals surface area contributed by atoms with Crippen molar-refractivity contribution in [3.63, 3.8) is 0 Å². The summed E-state index contributed by atoms with van der Waals surface area (Å²) in [6, 6.07) is 0. The molecule has 0 aromatic rings. The van der Waals surface area contributed by atoms with Gasteiger partial charge in [-0.05, 0) is 6.92 Å². The standard InChI is InChI=1S/C9H14O4/c1-3-5(10)6-7(11)9(12)4-8(9,2)13-6/h3,5-7,10-12H,1,4H2,2H3. The third-order valence-electron chi connectivity index (χ3n) is 3.17. The molecule has 0 amide bonds. The average Bonchev–Trinajstić information content (AvgIpc) is 2.58. The van der Waals surface area contributed by atoms with Crippen molar-refractivity contribution < 1.29 is 20.1 Å². The highest BCUT2D eigenvalue weighted by molar-refractivity contribution is 5.27. The fourth-order valence-corrected chi connectivity index (χ4v) is 2.06. The van der Waals surface area contributed by atoms with Gasteiger partial charge in [0.15, 0.2) is 0 Å². The van der Waals surface area contributed by atoms with E-state index in [1.54, 1.807) is 6.92 Å². The van der Waals surface area contributed by atoms with E-state index in [0.717, 1.165) is 0 Å². The zero-order valence-corrected chi connectivity index (χ0v) is 7.47. The van der Waals surface area contributed by atoms with E-state index in [-0.39, 0.29) is 0 Å². The molecule has 1 aliphatic carbocycles. The Labute approximate surface area is 76.5 Å². The van der Waals surface area contributed by atoms with Crippen molar-refractivity contribution in [1.82, 2.24) is 0 Å². The largest absolute Gasteiger partial charge is 0.387 e. The lowest BCUT2D eigenvalue weighted by Gasteiger charge is -2.22. The van der Waals surface area contributed by atoms with Gasteiger partial charge in [0.25, 0.3) is 0 Å². The van der Waals surface area contributed by atoms with Gasteiger partial charge in [0, 0.05) is 6.42 Å². The molecule has 5 atom stereocenters. The van der Waals surface area contributed by atoms with E-state index < -0.39 is 29.5 Å². The molecule has 1 heterocycles. The third-order valence-corrected chi connectivity index (χ3v) is 3.17. The Kier molecular flexibility index (Phi) is 1.64. The molecule has 3 N–H and O–H groups in total. The quantitative estimate of drug-likeness (QED) is 0.493. The van der Waals surface area contributed by atoms with Gasteiger partial charge in [0.05, 0.1) is 0 Å². The van der Waals surface area contributed by atoms with Crippen LogP contribution in [0.3, 0.4) is 0 Å². The first kappa shape index (κ1) is 9.15. The van der Waals surface area contributed by atoms with Gasteiger partial charge in [-0.25, -0.2) is 0 Å². The zero-order valence-electron chi connectivity index (χ0n) is 7.47. The number of hydrogen-bond donors (Lipinski definition) is 3. The monoisotopic (exact) mass is 186 g/mol. The Morgan fingerprint density at radius 3 is 2.69 bits per heavy atom. The molecule has 4 heteroatoms. The molecule has 0 bridgehead atoms. The van der Waals surface area contributed by atoms with Crippen LogP contribution in [0.25, 0.3) is 0 Å². The van der Waals surface area contributed by atoms with Gasteiger partial charge in [0.2, 0.25) is 0 Å².